The lowest BCUT2D eigenvalue weighted by Gasteiger charge is -2.03. The molecule has 0 unspecified atom stereocenters. The van der Waals surface area contributed by atoms with Gasteiger partial charge in [-0.2, -0.15) is 0 Å². The first-order chi connectivity index (χ1) is 8.34. The molecule has 2 aromatic heterocycles. The smallest absolute Gasteiger partial charge is 0.163 e. The molecule has 0 N–H and O–H groups in total. The van der Waals surface area contributed by atoms with Crippen molar-refractivity contribution in [2.75, 3.05) is 0 Å². The maximum atomic E-state index is 4.35. The van der Waals surface area contributed by atoms with Gasteiger partial charge in [-0.25, -0.2) is 15.0 Å². The molecular weight excluding hydrogens is 212 g/mol. The highest BCUT2D eigenvalue weighted by Gasteiger charge is 2.06. The van der Waals surface area contributed by atoms with Crippen LogP contribution in [0.3, 0.4) is 0 Å². The van der Waals surface area contributed by atoms with E-state index in [0.717, 1.165) is 23.4 Å². The topological polar surface area (TPSA) is 43.6 Å². The van der Waals surface area contributed by atoms with E-state index in [2.05, 4.69) is 27.1 Å². The molecule has 4 heteroatoms. The molecule has 0 saturated carbocycles. The number of aryl methyl sites for hydroxylation is 1. The van der Waals surface area contributed by atoms with Crippen LogP contribution >= 0.6 is 0 Å². The fraction of sp³-hybridized carbons (Fsp3) is 0.154. The number of hydrogen-bond donors (Lipinski definition) is 0. The van der Waals surface area contributed by atoms with Gasteiger partial charge in [0.2, 0.25) is 0 Å². The van der Waals surface area contributed by atoms with Crippen LogP contribution in [0.5, 0.6) is 0 Å². The van der Waals surface area contributed by atoms with Gasteiger partial charge >= 0.3 is 0 Å². The maximum Gasteiger partial charge on any atom is 0.163 e. The summed E-state index contributed by atoms with van der Waals surface area (Å²) in [7, 11) is 0. The van der Waals surface area contributed by atoms with Gasteiger partial charge in [0.05, 0.1) is 18.6 Å². The summed E-state index contributed by atoms with van der Waals surface area (Å²) in [5.41, 5.74) is 3.93. The average molecular weight is 224 g/mol. The third kappa shape index (κ3) is 1.78. The molecule has 2 heterocycles. The number of nitrogens with zero attached hydrogens (tertiary/aromatic N) is 4. The summed E-state index contributed by atoms with van der Waals surface area (Å²) in [5.74, 6) is 0. The number of imidazole rings is 1. The van der Waals surface area contributed by atoms with Crippen LogP contribution in [-0.4, -0.2) is 19.5 Å². The van der Waals surface area contributed by atoms with E-state index in [-0.39, 0.29) is 0 Å². The Bertz CT molecular complexity index is 643. The van der Waals surface area contributed by atoms with Crippen molar-refractivity contribution in [3.8, 4) is 0 Å². The molecule has 1 aromatic carbocycles. The lowest BCUT2D eigenvalue weighted by molar-refractivity contribution is 0.813. The first kappa shape index (κ1) is 9.96. The van der Waals surface area contributed by atoms with Gasteiger partial charge in [-0.15, -0.1) is 0 Å². The predicted molar refractivity (Wildman–Crippen MR) is 65.6 cm³/mol. The first-order valence-electron chi connectivity index (χ1n) is 5.51. The van der Waals surface area contributed by atoms with Crippen molar-refractivity contribution in [3.05, 3.63) is 54.2 Å². The number of aromatic nitrogens is 4. The van der Waals surface area contributed by atoms with Crippen molar-refractivity contribution in [1.82, 2.24) is 19.5 Å². The van der Waals surface area contributed by atoms with Crippen molar-refractivity contribution >= 4 is 11.2 Å². The summed E-state index contributed by atoms with van der Waals surface area (Å²) < 4.78 is 2.04. The van der Waals surface area contributed by atoms with E-state index >= 15 is 0 Å². The standard InChI is InChI=1S/C13H12N4/c1-10-12-13(15-8-14-10)17(9-16-12)7-11-5-3-2-4-6-11/h2-6,8-9H,7H2,1H3. The lowest BCUT2D eigenvalue weighted by Crippen LogP contribution is -1.99. The van der Waals surface area contributed by atoms with Crippen LogP contribution in [0.4, 0.5) is 0 Å². The van der Waals surface area contributed by atoms with Gasteiger partial charge < -0.3 is 4.57 Å². The molecule has 0 aliphatic rings. The molecule has 3 aromatic rings. The zero-order chi connectivity index (χ0) is 11.7. The minimum absolute atomic E-state index is 0.786. The maximum absolute atomic E-state index is 4.35. The van der Waals surface area contributed by atoms with E-state index in [1.165, 1.54) is 5.56 Å². The van der Waals surface area contributed by atoms with Gasteiger partial charge in [0.1, 0.15) is 11.8 Å². The Labute approximate surface area is 99.0 Å². The Balaban J connectivity index is 2.05. The Morgan fingerprint density at radius 2 is 1.88 bits per heavy atom. The molecular formula is C13H12N4. The molecule has 0 radical (unpaired) electrons. The Morgan fingerprint density at radius 3 is 2.71 bits per heavy atom. The van der Waals surface area contributed by atoms with E-state index in [9.17, 15) is 0 Å². The normalized spacial score (nSPS) is 10.9. The number of benzene rings is 1. The monoisotopic (exact) mass is 224 g/mol. The second-order valence-corrected chi connectivity index (χ2v) is 3.99. The molecule has 0 aliphatic heterocycles. The van der Waals surface area contributed by atoms with Crippen LogP contribution < -0.4 is 0 Å². The van der Waals surface area contributed by atoms with Crippen LogP contribution in [0.2, 0.25) is 0 Å². The number of rotatable bonds is 2. The summed E-state index contributed by atoms with van der Waals surface area (Å²) in [6.45, 7) is 2.73. The summed E-state index contributed by atoms with van der Waals surface area (Å²) in [5, 5.41) is 0. The van der Waals surface area contributed by atoms with Crippen molar-refractivity contribution < 1.29 is 0 Å². The fourth-order valence-corrected chi connectivity index (χ4v) is 1.89. The van der Waals surface area contributed by atoms with E-state index in [1.54, 1.807) is 6.33 Å². The fourth-order valence-electron chi connectivity index (χ4n) is 1.89. The van der Waals surface area contributed by atoms with Gasteiger partial charge in [-0.1, -0.05) is 30.3 Å². The average Bonchev–Trinajstić information content (AvgIpc) is 2.76. The SMILES string of the molecule is Cc1ncnc2c1ncn2Cc1ccccc1. The van der Waals surface area contributed by atoms with E-state index in [4.69, 9.17) is 0 Å². The third-order valence-electron chi connectivity index (χ3n) is 2.78. The molecule has 84 valence electrons. The molecule has 0 bridgehead atoms. The quantitative estimate of drug-likeness (QED) is 0.670. The summed E-state index contributed by atoms with van der Waals surface area (Å²) >= 11 is 0. The van der Waals surface area contributed by atoms with Crippen molar-refractivity contribution in [2.24, 2.45) is 0 Å². The second kappa shape index (κ2) is 3.97. The molecule has 17 heavy (non-hydrogen) atoms. The highest BCUT2D eigenvalue weighted by Crippen LogP contribution is 2.13. The Morgan fingerprint density at radius 1 is 1.06 bits per heavy atom. The first-order valence-corrected chi connectivity index (χ1v) is 5.51. The van der Waals surface area contributed by atoms with E-state index < -0.39 is 0 Å². The summed E-state index contributed by atoms with van der Waals surface area (Å²) in [6.07, 6.45) is 3.40. The van der Waals surface area contributed by atoms with Gasteiger partial charge in [0.25, 0.3) is 0 Å². The van der Waals surface area contributed by atoms with Crippen LogP contribution in [0.15, 0.2) is 43.0 Å². The van der Waals surface area contributed by atoms with Gasteiger partial charge in [-0.05, 0) is 12.5 Å². The number of fused-ring (bicyclic) bond motifs is 1. The van der Waals surface area contributed by atoms with E-state index in [1.807, 2.05) is 36.0 Å². The summed E-state index contributed by atoms with van der Waals surface area (Å²) in [6, 6.07) is 10.3. The second-order valence-electron chi connectivity index (χ2n) is 3.99. The van der Waals surface area contributed by atoms with Crippen LogP contribution in [0.1, 0.15) is 11.3 Å². The van der Waals surface area contributed by atoms with Crippen LogP contribution in [-0.2, 0) is 6.54 Å². The highest BCUT2D eigenvalue weighted by molar-refractivity contribution is 5.72. The van der Waals surface area contributed by atoms with Crippen LogP contribution in [0, 0.1) is 6.92 Å². The predicted octanol–water partition coefficient (Wildman–Crippen LogP) is 2.18. The molecule has 0 saturated heterocycles. The van der Waals surface area contributed by atoms with Crippen molar-refractivity contribution in [2.45, 2.75) is 13.5 Å². The molecule has 0 fully saturated rings. The minimum atomic E-state index is 0.786. The largest absolute Gasteiger partial charge is 0.311 e. The zero-order valence-corrected chi connectivity index (χ0v) is 9.54. The van der Waals surface area contributed by atoms with Crippen LogP contribution in [0.25, 0.3) is 11.2 Å². The molecule has 0 aliphatic carbocycles. The molecule has 0 spiro atoms. The van der Waals surface area contributed by atoms with Crippen molar-refractivity contribution in [3.63, 3.8) is 0 Å². The third-order valence-corrected chi connectivity index (χ3v) is 2.78. The summed E-state index contributed by atoms with van der Waals surface area (Å²) in [4.78, 5) is 12.8. The molecule has 3 rings (SSSR count). The zero-order valence-electron chi connectivity index (χ0n) is 9.54. The minimum Gasteiger partial charge on any atom is -0.311 e. The molecule has 0 atom stereocenters. The lowest BCUT2D eigenvalue weighted by atomic mass is 10.2. The highest BCUT2D eigenvalue weighted by atomic mass is 15.1. The van der Waals surface area contributed by atoms with Gasteiger partial charge in [0, 0.05) is 0 Å². The number of hydrogen-bond acceptors (Lipinski definition) is 3. The van der Waals surface area contributed by atoms with E-state index in [0.29, 0.717) is 0 Å². The Hall–Kier alpha value is -2.23. The van der Waals surface area contributed by atoms with Crippen molar-refractivity contribution in [1.29, 1.82) is 0 Å². The molecule has 4 nitrogen and oxygen atoms in total. The van der Waals surface area contributed by atoms with Gasteiger partial charge in [-0.3, -0.25) is 0 Å². The Kier molecular flexibility index (Phi) is 2.33. The van der Waals surface area contributed by atoms with Gasteiger partial charge in [0.15, 0.2) is 5.65 Å². The molecule has 0 amide bonds.